The fraction of sp³-hybridized carbons (Fsp3) is 0.650. The van der Waals surface area contributed by atoms with E-state index in [2.05, 4.69) is 59.0 Å². The van der Waals surface area contributed by atoms with E-state index in [1.807, 2.05) is 6.92 Å². The van der Waals surface area contributed by atoms with Crippen LogP contribution in [0.1, 0.15) is 71.7 Å². The fourth-order valence-corrected chi connectivity index (χ4v) is 4.45. The van der Waals surface area contributed by atoms with Gasteiger partial charge in [-0.1, -0.05) is 58.8 Å². The average Bonchev–Trinajstić information content (AvgIpc) is 3.23. The van der Waals surface area contributed by atoms with Crippen LogP contribution in [0.15, 0.2) is 10.2 Å². The Balaban J connectivity index is 2.39. The van der Waals surface area contributed by atoms with Gasteiger partial charge < -0.3 is 4.90 Å². The number of rotatable bonds is 9. The monoisotopic (exact) mass is 418 g/mol. The van der Waals surface area contributed by atoms with E-state index < -0.39 is 0 Å². The Morgan fingerprint density at radius 2 is 1.68 bits per heavy atom. The highest BCUT2D eigenvalue weighted by Crippen LogP contribution is 2.42. The van der Waals surface area contributed by atoms with Gasteiger partial charge in [0.15, 0.2) is 15.1 Å². The first-order valence-electron chi connectivity index (χ1n) is 9.83. The molecule has 0 saturated carbocycles. The molecular formula is C20H30N6S2. The summed E-state index contributed by atoms with van der Waals surface area (Å²) in [5.74, 6) is 0. The Kier molecular flexibility index (Phi) is 8.08. The number of azo groups is 1. The molecule has 28 heavy (non-hydrogen) atoms. The Hall–Kier alpha value is -1.85. The number of aryl methyl sites for hydroxylation is 1. The molecular weight excluding hydrogens is 388 g/mol. The standard InChI is InChI=1S/C20H30N6S2/c1-8-10-12-26(13-11-9-2)19-22-16(20(4,5)6)18(27-19)24-23-17-15(21-7)14(3)25-28-17/h8-13H2,1-6H3. The molecule has 0 fully saturated rings. The molecule has 6 nitrogen and oxygen atoms in total. The van der Waals surface area contributed by atoms with Crippen molar-refractivity contribution in [3.05, 3.63) is 22.8 Å². The fourth-order valence-electron chi connectivity index (χ4n) is 2.63. The van der Waals surface area contributed by atoms with E-state index in [9.17, 15) is 0 Å². The van der Waals surface area contributed by atoms with E-state index in [1.165, 1.54) is 11.5 Å². The minimum atomic E-state index is -0.128. The van der Waals surface area contributed by atoms with Gasteiger partial charge in [-0.3, -0.25) is 0 Å². The molecule has 0 unspecified atom stereocenters. The van der Waals surface area contributed by atoms with Crippen LogP contribution in [0.3, 0.4) is 0 Å². The summed E-state index contributed by atoms with van der Waals surface area (Å²) in [6.07, 6.45) is 4.63. The van der Waals surface area contributed by atoms with Gasteiger partial charge in [-0.15, -0.1) is 10.2 Å². The molecule has 0 atom stereocenters. The number of aromatic nitrogens is 2. The highest BCUT2D eigenvalue weighted by molar-refractivity contribution is 7.19. The van der Waals surface area contributed by atoms with Gasteiger partial charge in [0.1, 0.15) is 0 Å². The van der Waals surface area contributed by atoms with E-state index >= 15 is 0 Å². The van der Waals surface area contributed by atoms with Crippen LogP contribution in [0.5, 0.6) is 0 Å². The van der Waals surface area contributed by atoms with Gasteiger partial charge in [-0.25, -0.2) is 14.2 Å². The van der Waals surface area contributed by atoms with E-state index in [0.717, 1.165) is 54.6 Å². The van der Waals surface area contributed by atoms with Crippen LogP contribution in [0.25, 0.3) is 4.85 Å². The molecule has 0 saturated heterocycles. The van der Waals surface area contributed by atoms with E-state index in [4.69, 9.17) is 11.6 Å². The lowest BCUT2D eigenvalue weighted by Crippen LogP contribution is -2.25. The molecule has 0 aliphatic heterocycles. The normalized spacial score (nSPS) is 11.9. The van der Waals surface area contributed by atoms with Crippen LogP contribution in [0.2, 0.25) is 0 Å². The zero-order valence-corrected chi connectivity index (χ0v) is 19.4. The molecule has 0 bridgehead atoms. The molecule has 8 heteroatoms. The molecule has 0 aromatic carbocycles. The van der Waals surface area contributed by atoms with Crippen LogP contribution in [0.4, 0.5) is 20.8 Å². The summed E-state index contributed by atoms with van der Waals surface area (Å²) in [6, 6.07) is 0. The average molecular weight is 419 g/mol. The molecule has 2 heterocycles. The first-order chi connectivity index (χ1) is 13.3. The summed E-state index contributed by atoms with van der Waals surface area (Å²) in [5.41, 5.74) is 2.03. The summed E-state index contributed by atoms with van der Waals surface area (Å²) < 4.78 is 4.23. The van der Waals surface area contributed by atoms with Crippen LogP contribution >= 0.6 is 22.9 Å². The summed E-state index contributed by atoms with van der Waals surface area (Å²) in [5, 5.41) is 11.3. The molecule has 0 amide bonds. The quantitative estimate of drug-likeness (QED) is 0.311. The lowest BCUT2D eigenvalue weighted by Gasteiger charge is -2.21. The second-order valence-corrected chi connectivity index (χ2v) is 9.54. The predicted molar refractivity (Wildman–Crippen MR) is 120 cm³/mol. The van der Waals surface area contributed by atoms with Crippen molar-refractivity contribution in [1.29, 1.82) is 0 Å². The summed E-state index contributed by atoms with van der Waals surface area (Å²) in [4.78, 5) is 10.9. The second kappa shape index (κ2) is 10.1. The van der Waals surface area contributed by atoms with Gasteiger partial charge in [0, 0.05) is 18.5 Å². The third-order valence-corrected chi connectivity index (χ3v) is 6.11. The van der Waals surface area contributed by atoms with Crippen molar-refractivity contribution < 1.29 is 0 Å². The number of anilines is 1. The maximum Gasteiger partial charge on any atom is 0.247 e. The van der Waals surface area contributed by atoms with Crippen LogP contribution in [-0.2, 0) is 5.41 Å². The third kappa shape index (κ3) is 5.58. The molecule has 0 radical (unpaired) electrons. The van der Waals surface area contributed by atoms with Gasteiger partial charge in [0.05, 0.1) is 18.0 Å². The van der Waals surface area contributed by atoms with Crippen molar-refractivity contribution in [1.82, 2.24) is 9.36 Å². The second-order valence-electron chi connectivity index (χ2n) is 7.83. The van der Waals surface area contributed by atoms with Crippen LogP contribution in [0, 0.1) is 13.5 Å². The maximum absolute atomic E-state index is 7.33. The summed E-state index contributed by atoms with van der Waals surface area (Å²) in [6.45, 7) is 22.1. The van der Waals surface area contributed by atoms with Crippen molar-refractivity contribution in [2.45, 2.75) is 72.6 Å². The van der Waals surface area contributed by atoms with Gasteiger partial charge >= 0.3 is 0 Å². The van der Waals surface area contributed by atoms with Crippen molar-refractivity contribution in [3.8, 4) is 0 Å². The highest BCUT2D eigenvalue weighted by atomic mass is 32.1. The van der Waals surface area contributed by atoms with Gasteiger partial charge in [-0.05, 0) is 31.3 Å². The molecule has 152 valence electrons. The third-order valence-electron chi connectivity index (χ3n) is 4.30. The first-order valence-corrected chi connectivity index (χ1v) is 11.4. The van der Waals surface area contributed by atoms with Crippen LogP contribution < -0.4 is 4.90 Å². The first kappa shape index (κ1) is 22.4. The zero-order valence-electron chi connectivity index (χ0n) is 17.7. The molecule has 2 aromatic rings. The summed E-state index contributed by atoms with van der Waals surface area (Å²) in [7, 11) is 0. The predicted octanol–water partition coefficient (Wildman–Crippen LogP) is 7.58. The lowest BCUT2D eigenvalue weighted by atomic mass is 9.93. The minimum absolute atomic E-state index is 0.128. The molecule has 0 N–H and O–H groups in total. The Bertz CT molecular complexity index is 830. The minimum Gasteiger partial charge on any atom is -0.348 e. The van der Waals surface area contributed by atoms with E-state index in [-0.39, 0.29) is 5.41 Å². The number of thiazole rings is 1. The largest absolute Gasteiger partial charge is 0.348 e. The van der Waals surface area contributed by atoms with Crippen molar-refractivity contribution in [2.75, 3.05) is 18.0 Å². The lowest BCUT2D eigenvalue weighted by molar-refractivity contribution is 0.571. The molecule has 0 aliphatic rings. The van der Waals surface area contributed by atoms with Gasteiger partial charge in [0.25, 0.3) is 0 Å². The zero-order chi connectivity index (χ0) is 20.7. The molecule has 0 aliphatic carbocycles. The van der Waals surface area contributed by atoms with E-state index in [1.54, 1.807) is 11.3 Å². The number of unbranched alkanes of at least 4 members (excludes halogenated alkanes) is 2. The number of hydrogen-bond donors (Lipinski definition) is 0. The Morgan fingerprint density at radius 3 is 2.21 bits per heavy atom. The molecule has 0 spiro atoms. The van der Waals surface area contributed by atoms with Gasteiger partial charge in [0.2, 0.25) is 5.69 Å². The molecule has 2 rings (SSSR count). The van der Waals surface area contributed by atoms with Crippen molar-refractivity contribution in [3.63, 3.8) is 0 Å². The number of nitrogens with zero attached hydrogens (tertiary/aromatic N) is 6. The van der Waals surface area contributed by atoms with Gasteiger partial charge in [-0.2, -0.15) is 0 Å². The van der Waals surface area contributed by atoms with Crippen molar-refractivity contribution >= 4 is 43.7 Å². The summed E-state index contributed by atoms with van der Waals surface area (Å²) >= 11 is 2.81. The smallest absolute Gasteiger partial charge is 0.247 e. The number of hydrogen-bond acceptors (Lipinski definition) is 7. The highest BCUT2D eigenvalue weighted by Gasteiger charge is 2.25. The van der Waals surface area contributed by atoms with E-state index in [0.29, 0.717) is 16.4 Å². The van der Waals surface area contributed by atoms with Crippen LogP contribution in [-0.4, -0.2) is 22.4 Å². The Morgan fingerprint density at radius 1 is 1.07 bits per heavy atom. The SMILES string of the molecule is [C-]#[N+]c1c(C)nsc1N=Nc1sc(N(CCCC)CCCC)nc1C(C)(C)C. The Labute approximate surface area is 176 Å². The topological polar surface area (TPSA) is 58.1 Å². The van der Waals surface area contributed by atoms with Crippen molar-refractivity contribution in [2.24, 2.45) is 10.2 Å². The maximum atomic E-state index is 7.33. The molecule has 2 aromatic heterocycles.